The largest absolute Gasteiger partial charge is 0.0591 e. The highest BCUT2D eigenvalue weighted by molar-refractivity contribution is 5.23. The van der Waals surface area contributed by atoms with Crippen LogP contribution >= 0.6 is 0 Å². The van der Waals surface area contributed by atoms with Crippen LogP contribution in [0.4, 0.5) is 0 Å². The third-order valence-electron chi connectivity index (χ3n) is 5.94. The van der Waals surface area contributed by atoms with Crippen molar-refractivity contribution in [1.82, 2.24) is 0 Å². The Hall–Kier alpha value is 0. The molecule has 0 saturated heterocycles. The molecule has 0 heterocycles. The van der Waals surface area contributed by atoms with Crippen molar-refractivity contribution in [2.45, 2.75) is 45.4 Å². The van der Waals surface area contributed by atoms with Crippen molar-refractivity contribution in [2.75, 3.05) is 0 Å². The molecule has 5 atom stereocenters. The van der Waals surface area contributed by atoms with E-state index < -0.39 is 0 Å². The normalized spacial score (nSPS) is 63.5. The fourth-order valence-corrected chi connectivity index (χ4v) is 5.13. The molecule has 0 nitrogen and oxygen atoms in total. The van der Waals surface area contributed by atoms with E-state index in [0.717, 1.165) is 5.41 Å². The summed E-state index contributed by atoms with van der Waals surface area (Å²) in [5, 5.41) is 0. The monoisotopic (exact) mass is 176 g/mol. The van der Waals surface area contributed by atoms with Crippen molar-refractivity contribution in [1.29, 1.82) is 0 Å². The molecule has 13 heavy (non-hydrogen) atoms. The molecule has 4 fully saturated rings. The lowest BCUT2D eigenvalue weighted by atomic mass is 9.84. The summed E-state index contributed by atoms with van der Waals surface area (Å²) in [4.78, 5) is 0. The molecule has 4 unspecified atom stereocenters. The summed E-state index contributed by atoms with van der Waals surface area (Å²) in [5.41, 5.74) is 0.873. The van der Waals surface area contributed by atoms with Gasteiger partial charge in [-0.2, -0.15) is 0 Å². The highest BCUT2D eigenvalue weighted by Gasteiger charge is 2.74. The highest BCUT2D eigenvalue weighted by atomic mass is 14.8. The van der Waals surface area contributed by atoms with E-state index >= 15 is 0 Å². The van der Waals surface area contributed by atoms with Crippen molar-refractivity contribution < 1.29 is 0 Å². The summed E-state index contributed by atoms with van der Waals surface area (Å²) in [6.45, 7) is 2.58. The molecule has 4 aliphatic carbocycles. The Balaban J connectivity index is 1.61. The Morgan fingerprint density at radius 3 is 2.46 bits per heavy atom. The summed E-state index contributed by atoms with van der Waals surface area (Å²) in [7, 11) is 0. The van der Waals surface area contributed by atoms with Crippen molar-refractivity contribution in [3.63, 3.8) is 0 Å². The smallest absolute Gasteiger partial charge is 0.0260 e. The van der Waals surface area contributed by atoms with Gasteiger partial charge in [-0.25, -0.2) is 0 Å². The summed E-state index contributed by atoms with van der Waals surface area (Å²) in [6.07, 6.45) is 9.48. The van der Waals surface area contributed by atoms with E-state index in [1.54, 1.807) is 38.5 Å². The van der Waals surface area contributed by atoms with Crippen LogP contribution < -0.4 is 0 Å². The minimum Gasteiger partial charge on any atom is -0.0591 e. The van der Waals surface area contributed by atoms with Crippen LogP contribution in [0.5, 0.6) is 0 Å². The number of hydrogen-bond donors (Lipinski definition) is 0. The molecule has 0 aromatic rings. The Kier molecular flexibility index (Phi) is 1.12. The van der Waals surface area contributed by atoms with Gasteiger partial charge in [-0.3, -0.25) is 0 Å². The van der Waals surface area contributed by atoms with E-state index in [0.29, 0.717) is 0 Å². The van der Waals surface area contributed by atoms with Crippen molar-refractivity contribution in [3.8, 4) is 0 Å². The van der Waals surface area contributed by atoms with Crippen LogP contribution in [0.1, 0.15) is 45.4 Å². The Morgan fingerprint density at radius 1 is 1.08 bits per heavy atom. The average Bonchev–Trinajstić information content (AvgIpc) is 2.92. The van der Waals surface area contributed by atoms with Crippen LogP contribution in [0, 0.1) is 35.0 Å². The van der Waals surface area contributed by atoms with Crippen molar-refractivity contribution >= 4 is 0 Å². The minimum absolute atomic E-state index is 0.873. The van der Waals surface area contributed by atoms with Gasteiger partial charge < -0.3 is 0 Å². The third kappa shape index (κ3) is 0.750. The Bertz CT molecular complexity index is 251. The number of fused-ring (bicyclic) bond motifs is 3. The fourth-order valence-electron chi connectivity index (χ4n) is 5.13. The maximum absolute atomic E-state index is 2.58. The van der Waals surface area contributed by atoms with E-state index in [1.807, 2.05) is 0 Å². The Labute approximate surface area is 81.1 Å². The van der Waals surface area contributed by atoms with Gasteiger partial charge in [-0.15, -0.1) is 0 Å². The predicted octanol–water partition coefficient (Wildman–Crippen LogP) is 3.47. The molecule has 0 aliphatic heterocycles. The van der Waals surface area contributed by atoms with Crippen LogP contribution in [0.15, 0.2) is 0 Å². The molecule has 0 aromatic heterocycles. The van der Waals surface area contributed by atoms with Gasteiger partial charge in [0.25, 0.3) is 0 Å². The Morgan fingerprint density at radius 2 is 1.85 bits per heavy atom. The summed E-state index contributed by atoms with van der Waals surface area (Å²) < 4.78 is 0. The zero-order valence-electron chi connectivity index (χ0n) is 8.63. The van der Waals surface area contributed by atoms with Gasteiger partial charge in [0.2, 0.25) is 0 Å². The van der Waals surface area contributed by atoms with Gasteiger partial charge in [-0.1, -0.05) is 32.6 Å². The molecule has 4 saturated carbocycles. The average molecular weight is 176 g/mol. The van der Waals surface area contributed by atoms with Gasteiger partial charge in [0.1, 0.15) is 0 Å². The second kappa shape index (κ2) is 1.99. The molecule has 0 radical (unpaired) electrons. The van der Waals surface area contributed by atoms with Crippen LogP contribution in [0.2, 0.25) is 0 Å². The topological polar surface area (TPSA) is 0 Å². The molecule has 72 valence electrons. The van der Waals surface area contributed by atoms with Gasteiger partial charge in [0.05, 0.1) is 0 Å². The second-order valence-corrected chi connectivity index (χ2v) is 6.44. The quantitative estimate of drug-likeness (QED) is 0.574. The standard InChI is InChI=1S/C13H20/c1-13-7-11(13)12(9-6-10(9)13)8-4-2-3-5-8/h8-12H,2-7H2,1H3/t9?,10?,11?,12?,13-/m0/s1. The van der Waals surface area contributed by atoms with Crippen molar-refractivity contribution in [3.05, 3.63) is 0 Å². The first kappa shape index (κ1) is 7.31. The van der Waals surface area contributed by atoms with Gasteiger partial charge >= 0.3 is 0 Å². The van der Waals surface area contributed by atoms with E-state index in [9.17, 15) is 0 Å². The second-order valence-electron chi connectivity index (χ2n) is 6.44. The lowest BCUT2D eigenvalue weighted by molar-refractivity contribution is 0.274. The van der Waals surface area contributed by atoms with Crippen LogP contribution in [0.3, 0.4) is 0 Å². The van der Waals surface area contributed by atoms with E-state index in [4.69, 9.17) is 0 Å². The molecule has 0 N–H and O–H groups in total. The van der Waals surface area contributed by atoms with Crippen molar-refractivity contribution in [2.24, 2.45) is 35.0 Å². The molecule has 4 rings (SSSR count). The SMILES string of the molecule is C[C@@]12CC1C(C1CCCC1)C1CC12. The van der Waals surface area contributed by atoms with Crippen LogP contribution in [-0.4, -0.2) is 0 Å². The summed E-state index contributed by atoms with van der Waals surface area (Å²) in [5.74, 6) is 5.98. The lowest BCUT2D eigenvalue weighted by Gasteiger charge is -2.21. The molecule has 0 heteroatoms. The van der Waals surface area contributed by atoms with E-state index in [1.165, 1.54) is 29.6 Å². The molecule has 0 aromatic carbocycles. The van der Waals surface area contributed by atoms with E-state index in [-0.39, 0.29) is 0 Å². The number of hydrogen-bond acceptors (Lipinski definition) is 0. The molecular weight excluding hydrogens is 156 g/mol. The first-order chi connectivity index (χ1) is 6.31. The third-order valence-corrected chi connectivity index (χ3v) is 5.94. The summed E-state index contributed by atoms with van der Waals surface area (Å²) >= 11 is 0. The maximum Gasteiger partial charge on any atom is -0.0260 e. The fraction of sp³-hybridized carbons (Fsp3) is 1.00. The molecule has 0 amide bonds. The highest BCUT2D eigenvalue weighted by Crippen LogP contribution is 2.81. The van der Waals surface area contributed by atoms with Gasteiger partial charge in [-0.05, 0) is 47.8 Å². The van der Waals surface area contributed by atoms with Crippen LogP contribution in [-0.2, 0) is 0 Å². The number of rotatable bonds is 1. The lowest BCUT2D eigenvalue weighted by Crippen LogP contribution is -2.15. The zero-order chi connectivity index (χ0) is 8.63. The van der Waals surface area contributed by atoms with Gasteiger partial charge in [0.15, 0.2) is 0 Å². The molecule has 4 aliphatic rings. The maximum atomic E-state index is 2.58. The predicted molar refractivity (Wildman–Crippen MR) is 53.3 cm³/mol. The summed E-state index contributed by atoms with van der Waals surface area (Å²) in [6, 6.07) is 0. The van der Waals surface area contributed by atoms with Crippen LogP contribution in [0.25, 0.3) is 0 Å². The molecular formula is C13H20. The molecule has 0 bridgehead atoms. The van der Waals surface area contributed by atoms with Gasteiger partial charge in [0, 0.05) is 0 Å². The minimum atomic E-state index is 0.873. The van der Waals surface area contributed by atoms with E-state index in [2.05, 4.69) is 6.92 Å². The molecule has 0 spiro atoms. The first-order valence-electron chi connectivity index (χ1n) is 6.31. The first-order valence-corrected chi connectivity index (χ1v) is 6.31. The zero-order valence-corrected chi connectivity index (χ0v) is 8.63.